The van der Waals surface area contributed by atoms with Gasteiger partial charge in [-0.1, -0.05) is 12.1 Å². The number of methoxy groups -OCH3 is 1. The van der Waals surface area contributed by atoms with E-state index in [0.717, 1.165) is 28.1 Å². The average Bonchev–Trinajstić information content (AvgIpc) is 3.29. The minimum absolute atomic E-state index is 0.257. The number of carbonyl (C=O) groups is 1. The monoisotopic (exact) mass is 402 g/mol. The lowest BCUT2D eigenvalue weighted by Crippen LogP contribution is -2.23. The number of carbonyl (C=O) groups excluding carboxylic acids is 1. The lowest BCUT2D eigenvalue weighted by Gasteiger charge is -2.06. The molecule has 2 aromatic carbocycles. The van der Waals surface area contributed by atoms with Crippen LogP contribution in [-0.4, -0.2) is 28.0 Å². The number of ether oxygens (including phenoxy) is 1. The van der Waals surface area contributed by atoms with Gasteiger partial charge in [-0.2, -0.15) is 0 Å². The van der Waals surface area contributed by atoms with Gasteiger partial charge in [0.25, 0.3) is 5.91 Å². The van der Waals surface area contributed by atoms with Gasteiger partial charge < -0.3 is 15.0 Å². The number of aromatic nitrogens is 3. The van der Waals surface area contributed by atoms with Crippen LogP contribution in [0.5, 0.6) is 5.75 Å². The number of rotatable bonds is 6. The third-order valence-corrected chi connectivity index (χ3v) is 4.64. The maximum absolute atomic E-state index is 13.1. The van der Waals surface area contributed by atoms with Crippen molar-refractivity contribution in [3.8, 4) is 28.1 Å². The van der Waals surface area contributed by atoms with Crippen LogP contribution >= 0.6 is 0 Å². The normalized spacial score (nSPS) is 10.6. The summed E-state index contributed by atoms with van der Waals surface area (Å²) in [5.74, 6) is 0.213. The molecule has 0 unspecified atom stereocenters. The molecule has 0 fully saturated rings. The van der Waals surface area contributed by atoms with E-state index in [9.17, 15) is 9.18 Å². The zero-order chi connectivity index (χ0) is 20.9. The molecule has 0 radical (unpaired) electrons. The van der Waals surface area contributed by atoms with Gasteiger partial charge in [0.1, 0.15) is 23.6 Å². The third kappa shape index (κ3) is 4.35. The van der Waals surface area contributed by atoms with Crippen LogP contribution in [0.1, 0.15) is 16.2 Å². The Labute approximate surface area is 172 Å². The predicted molar refractivity (Wildman–Crippen MR) is 111 cm³/mol. The average molecular weight is 402 g/mol. The van der Waals surface area contributed by atoms with Crippen LogP contribution in [-0.2, 0) is 6.54 Å². The molecule has 2 N–H and O–H groups in total. The number of hydrogen-bond acceptors (Lipinski definition) is 4. The van der Waals surface area contributed by atoms with E-state index in [-0.39, 0.29) is 18.3 Å². The van der Waals surface area contributed by atoms with Crippen molar-refractivity contribution in [2.75, 3.05) is 7.11 Å². The van der Waals surface area contributed by atoms with E-state index in [4.69, 9.17) is 4.74 Å². The first-order valence-electron chi connectivity index (χ1n) is 9.30. The van der Waals surface area contributed by atoms with Gasteiger partial charge in [0.2, 0.25) is 0 Å². The number of aromatic amines is 1. The maximum atomic E-state index is 13.1. The minimum atomic E-state index is -0.300. The Bertz CT molecular complexity index is 1150. The van der Waals surface area contributed by atoms with Crippen molar-refractivity contribution in [3.05, 3.63) is 90.4 Å². The Balaban J connectivity index is 1.42. The highest BCUT2D eigenvalue weighted by atomic mass is 19.1. The molecule has 4 aromatic rings. The van der Waals surface area contributed by atoms with Gasteiger partial charge in [-0.05, 0) is 59.7 Å². The summed E-state index contributed by atoms with van der Waals surface area (Å²) in [5.41, 5.74) is 4.43. The molecule has 150 valence electrons. The summed E-state index contributed by atoms with van der Waals surface area (Å²) in [5, 5.41) is 2.85. The molecule has 0 saturated carbocycles. The Morgan fingerprint density at radius 1 is 1.00 bits per heavy atom. The minimum Gasteiger partial charge on any atom is -0.497 e. The van der Waals surface area contributed by atoms with Crippen molar-refractivity contribution in [2.45, 2.75) is 6.54 Å². The van der Waals surface area contributed by atoms with E-state index < -0.39 is 0 Å². The van der Waals surface area contributed by atoms with Gasteiger partial charge in [0, 0.05) is 11.8 Å². The summed E-state index contributed by atoms with van der Waals surface area (Å²) in [6, 6.07) is 17.2. The van der Waals surface area contributed by atoms with Crippen LogP contribution in [0, 0.1) is 5.82 Å². The van der Waals surface area contributed by atoms with E-state index in [1.807, 2.05) is 30.3 Å². The van der Waals surface area contributed by atoms with Gasteiger partial charge in [0.05, 0.1) is 25.0 Å². The van der Waals surface area contributed by atoms with Gasteiger partial charge in [-0.15, -0.1) is 0 Å². The van der Waals surface area contributed by atoms with Crippen LogP contribution < -0.4 is 10.1 Å². The van der Waals surface area contributed by atoms with E-state index in [0.29, 0.717) is 11.4 Å². The highest BCUT2D eigenvalue weighted by Gasteiger charge is 2.11. The molecule has 4 rings (SSSR count). The van der Waals surface area contributed by atoms with Crippen molar-refractivity contribution >= 4 is 5.91 Å². The molecule has 0 atom stereocenters. The van der Waals surface area contributed by atoms with Crippen molar-refractivity contribution in [1.29, 1.82) is 0 Å². The molecule has 0 aliphatic rings. The smallest absolute Gasteiger partial charge is 0.268 e. The second-order valence-corrected chi connectivity index (χ2v) is 6.61. The molecule has 0 aliphatic heterocycles. The number of benzene rings is 2. The molecule has 0 saturated heterocycles. The van der Waals surface area contributed by atoms with E-state index in [1.54, 1.807) is 31.5 Å². The van der Waals surface area contributed by atoms with Crippen molar-refractivity contribution in [1.82, 2.24) is 20.3 Å². The van der Waals surface area contributed by atoms with Crippen LogP contribution in [0.25, 0.3) is 22.4 Å². The molecule has 0 aliphatic carbocycles. The third-order valence-electron chi connectivity index (χ3n) is 4.64. The SMILES string of the molecule is COc1ccc(-c2cc(CNC(=O)c3cc(-c4ccc(F)cc4)c[nH]3)ncn2)cc1. The molecular weight excluding hydrogens is 383 g/mol. The molecule has 1 amide bonds. The lowest BCUT2D eigenvalue weighted by atomic mass is 10.1. The number of nitrogens with zero attached hydrogens (tertiary/aromatic N) is 2. The number of H-pyrrole nitrogens is 1. The number of nitrogens with one attached hydrogen (secondary N) is 2. The zero-order valence-electron chi connectivity index (χ0n) is 16.2. The second kappa shape index (κ2) is 8.57. The fourth-order valence-corrected chi connectivity index (χ4v) is 3.01. The standard InChI is InChI=1S/C23H19FN4O2/c1-30-20-8-4-16(5-9-20)21-11-19(27-14-28-21)13-26-23(29)22-10-17(12-25-22)15-2-6-18(24)7-3-15/h2-12,14,25H,13H2,1H3,(H,26,29). The first kappa shape index (κ1) is 19.3. The summed E-state index contributed by atoms with van der Waals surface area (Å²) in [4.78, 5) is 24.0. The number of halogens is 1. The largest absolute Gasteiger partial charge is 0.497 e. The van der Waals surface area contributed by atoms with Gasteiger partial charge in [-0.25, -0.2) is 14.4 Å². The summed E-state index contributed by atoms with van der Waals surface area (Å²) in [6.07, 6.45) is 3.19. The number of hydrogen-bond donors (Lipinski definition) is 2. The van der Waals surface area contributed by atoms with Crippen LogP contribution in [0.2, 0.25) is 0 Å². The Morgan fingerprint density at radius 2 is 1.73 bits per heavy atom. The first-order chi connectivity index (χ1) is 14.6. The maximum Gasteiger partial charge on any atom is 0.268 e. The topological polar surface area (TPSA) is 79.9 Å². The van der Waals surface area contributed by atoms with Gasteiger partial charge in [-0.3, -0.25) is 4.79 Å². The van der Waals surface area contributed by atoms with E-state index in [2.05, 4.69) is 20.3 Å². The van der Waals surface area contributed by atoms with Crippen molar-refractivity contribution in [3.63, 3.8) is 0 Å². The fraction of sp³-hybridized carbons (Fsp3) is 0.0870. The highest BCUT2D eigenvalue weighted by molar-refractivity contribution is 5.93. The van der Waals surface area contributed by atoms with Gasteiger partial charge in [0.15, 0.2) is 0 Å². The highest BCUT2D eigenvalue weighted by Crippen LogP contribution is 2.22. The Morgan fingerprint density at radius 3 is 2.47 bits per heavy atom. The van der Waals surface area contributed by atoms with Crippen LogP contribution in [0.4, 0.5) is 4.39 Å². The first-order valence-corrected chi connectivity index (χ1v) is 9.30. The summed E-state index contributed by atoms with van der Waals surface area (Å²) in [7, 11) is 1.62. The van der Waals surface area contributed by atoms with Crippen molar-refractivity contribution < 1.29 is 13.9 Å². The number of amides is 1. The van der Waals surface area contributed by atoms with Crippen molar-refractivity contribution in [2.24, 2.45) is 0 Å². The van der Waals surface area contributed by atoms with Gasteiger partial charge >= 0.3 is 0 Å². The fourth-order valence-electron chi connectivity index (χ4n) is 3.01. The predicted octanol–water partition coefficient (Wildman–Crippen LogP) is 4.22. The molecule has 6 nitrogen and oxygen atoms in total. The molecule has 2 heterocycles. The lowest BCUT2D eigenvalue weighted by molar-refractivity contribution is 0.0946. The van der Waals surface area contributed by atoms with E-state index in [1.165, 1.54) is 18.5 Å². The Hall–Kier alpha value is -4.00. The molecule has 0 spiro atoms. The Kier molecular flexibility index (Phi) is 5.52. The molecular formula is C23H19FN4O2. The van der Waals surface area contributed by atoms with Crippen LogP contribution in [0.3, 0.4) is 0 Å². The molecule has 7 heteroatoms. The zero-order valence-corrected chi connectivity index (χ0v) is 16.2. The van der Waals surface area contributed by atoms with Crippen LogP contribution in [0.15, 0.2) is 73.2 Å². The molecule has 30 heavy (non-hydrogen) atoms. The van der Waals surface area contributed by atoms with E-state index >= 15 is 0 Å². The quantitative estimate of drug-likeness (QED) is 0.506. The second-order valence-electron chi connectivity index (χ2n) is 6.61. The summed E-state index contributed by atoms with van der Waals surface area (Å²) < 4.78 is 18.3. The summed E-state index contributed by atoms with van der Waals surface area (Å²) >= 11 is 0. The summed E-state index contributed by atoms with van der Waals surface area (Å²) in [6.45, 7) is 0.259. The molecule has 0 bridgehead atoms. The molecule has 2 aromatic heterocycles.